The topological polar surface area (TPSA) is 41.5 Å². The molecule has 2 aromatic rings. The zero-order chi connectivity index (χ0) is 15.2. The van der Waals surface area contributed by atoms with E-state index in [1.807, 2.05) is 0 Å². The number of hydrogen-bond donors (Lipinski definition) is 2. The molecule has 0 unspecified atom stereocenters. The van der Waals surface area contributed by atoms with E-state index in [9.17, 15) is 13.9 Å². The zero-order valence-electron chi connectivity index (χ0n) is 11.3. The largest absolute Gasteiger partial charge is 0.504 e. The summed E-state index contributed by atoms with van der Waals surface area (Å²) in [5.41, 5.74) is 1.52. The summed E-state index contributed by atoms with van der Waals surface area (Å²) in [5.74, 6) is -2.01. The van der Waals surface area contributed by atoms with Crippen LogP contribution in [-0.2, 0) is 6.54 Å². The third-order valence-electron chi connectivity index (χ3n) is 2.83. The van der Waals surface area contributed by atoms with E-state index in [2.05, 4.69) is 5.32 Å². The van der Waals surface area contributed by atoms with Crippen LogP contribution in [0, 0.1) is 0 Å². The van der Waals surface area contributed by atoms with Gasteiger partial charge in [0.05, 0.1) is 7.11 Å². The molecule has 2 N–H and O–H groups in total. The van der Waals surface area contributed by atoms with Gasteiger partial charge in [-0.3, -0.25) is 0 Å². The number of ether oxygens (including phenoxy) is 1. The van der Waals surface area contributed by atoms with Gasteiger partial charge in [-0.2, -0.15) is 8.78 Å². The van der Waals surface area contributed by atoms with Gasteiger partial charge in [-0.25, -0.2) is 0 Å². The van der Waals surface area contributed by atoms with Gasteiger partial charge in [0.2, 0.25) is 0 Å². The standard InChI is InChI=1S/C15H15F2NO2S/c1-20-13-8-10(6-7-12(13)19)9-18-11-4-2-3-5-14(11)21-15(16)17/h2-8,15,18-19H,9H2,1H3. The van der Waals surface area contributed by atoms with E-state index in [4.69, 9.17) is 4.74 Å². The molecule has 6 heteroatoms. The van der Waals surface area contributed by atoms with Crippen molar-refractivity contribution in [3.8, 4) is 11.5 Å². The summed E-state index contributed by atoms with van der Waals surface area (Å²) < 4.78 is 30.0. The second-order valence-corrected chi connectivity index (χ2v) is 5.27. The monoisotopic (exact) mass is 311 g/mol. The summed E-state index contributed by atoms with van der Waals surface area (Å²) in [5, 5.41) is 12.6. The molecule has 0 aliphatic heterocycles. The molecule has 2 rings (SSSR count). The van der Waals surface area contributed by atoms with Crippen LogP contribution in [0.15, 0.2) is 47.4 Å². The molecule has 0 spiro atoms. The molecular weight excluding hydrogens is 296 g/mol. The third-order valence-corrected chi connectivity index (χ3v) is 3.62. The Labute approximate surface area is 125 Å². The van der Waals surface area contributed by atoms with Crippen molar-refractivity contribution in [1.82, 2.24) is 0 Å². The highest BCUT2D eigenvalue weighted by atomic mass is 32.2. The average Bonchev–Trinajstić information content (AvgIpc) is 2.47. The van der Waals surface area contributed by atoms with E-state index in [0.29, 0.717) is 34.6 Å². The van der Waals surface area contributed by atoms with E-state index >= 15 is 0 Å². The first-order chi connectivity index (χ1) is 10.1. The second kappa shape index (κ2) is 7.17. The minimum atomic E-state index is -2.46. The van der Waals surface area contributed by atoms with Gasteiger partial charge in [-0.15, -0.1) is 0 Å². The summed E-state index contributed by atoms with van der Waals surface area (Å²) in [6, 6.07) is 11.9. The van der Waals surface area contributed by atoms with Crippen molar-refractivity contribution in [3.05, 3.63) is 48.0 Å². The van der Waals surface area contributed by atoms with Gasteiger partial charge in [0.1, 0.15) is 0 Å². The molecule has 0 fully saturated rings. The summed E-state index contributed by atoms with van der Waals surface area (Å²) in [7, 11) is 1.47. The number of alkyl halides is 2. The van der Waals surface area contributed by atoms with Gasteiger partial charge in [0.15, 0.2) is 11.5 Å². The Morgan fingerprint density at radius 1 is 1.24 bits per heavy atom. The zero-order valence-corrected chi connectivity index (χ0v) is 12.2. The van der Waals surface area contributed by atoms with Crippen LogP contribution in [0.4, 0.5) is 14.5 Å². The molecule has 0 aliphatic carbocycles. The number of phenolic OH excluding ortho intramolecular Hbond substituents is 1. The number of rotatable bonds is 6. The average molecular weight is 311 g/mol. The Morgan fingerprint density at radius 3 is 2.71 bits per heavy atom. The summed E-state index contributed by atoms with van der Waals surface area (Å²) in [6.45, 7) is 0.442. The van der Waals surface area contributed by atoms with Crippen LogP contribution in [0.3, 0.4) is 0 Å². The molecular formula is C15H15F2NO2S. The molecule has 0 amide bonds. The highest BCUT2D eigenvalue weighted by Crippen LogP contribution is 2.32. The smallest absolute Gasteiger partial charge is 0.288 e. The Balaban J connectivity index is 2.09. The molecule has 0 atom stereocenters. The molecule has 112 valence electrons. The second-order valence-electron chi connectivity index (χ2n) is 4.23. The Bertz CT molecular complexity index is 608. The maximum Gasteiger partial charge on any atom is 0.288 e. The maximum atomic E-state index is 12.5. The van der Waals surface area contributed by atoms with Gasteiger partial charge < -0.3 is 15.2 Å². The van der Waals surface area contributed by atoms with E-state index in [0.717, 1.165) is 5.56 Å². The Kier molecular flexibility index (Phi) is 5.27. The molecule has 3 nitrogen and oxygen atoms in total. The quantitative estimate of drug-likeness (QED) is 0.779. The van der Waals surface area contributed by atoms with Crippen molar-refractivity contribution in [2.24, 2.45) is 0 Å². The Morgan fingerprint density at radius 2 is 2.00 bits per heavy atom. The van der Waals surface area contributed by atoms with Gasteiger partial charge in [-0.05, 0) is 29.8 Å². The number of para-hydroxylation sites is 1. The number of anilines is 1. The number of aromatic hydroxyl groups is 1. The first kappa shape index (κ1) is 15.4. The first-order valence-electron chi connectivity index (χ1n) is 6.23. The molecule has 0 saturated carbocycles. The van der Waals surface area contributed by atoms with Gasteiger partial charge in [0.25, 0.3) is 5.76 Å². The van der Waals surface area contributed by atoms with Crippen molar-refractivity contribution in [2.45, 2.75) is 17.2 Å². The number of hydrogen-bond acceptors (Lipinski definition) is 4. The molecule has 0 radical (unpaired) electrons. The van der Waals surface area contributed by atoms with Crippen LogP contribution >= 0.6 is 11.8 Å². The molecule has 0 aromatic heterocycles. The molecule has 0 saturated heterocycles. The van der Waals surface area contributed by atoms with Crippen LogP contribution in [0.25, 0.3) is 0 Å². The normalized spacial score (nSPS) is 10.7. The van der Waals surface area contributed by atoms with Crippen molar-refractivity contribution >= 4 is 17.4 Å². The highest BCUT2D eigenvalue weighted by molar-refractivity contribution is 7.99. The first-order valence-corrected chi connectivity index (χ1v) is 7.11. The minimum Gasteiger partial charge on any atom is -0.504 e. The SMILES string of the molecule is COc1cc(CNc2ccccc2SC(F)F)ccc1O. The van der Waals surface area contributed by atoms with Crippen molar-refractivity contribution in [3.63, 3.8) is 0 Å². The lowest BCUT2D eigenvalue weighted by Crippen LogP contribution is -2.01. The van der Waals surface area contributed by atoms with Crippen LogP contribution in [0.1, 0.15) is 5.56 Å². The van der Waals surface area contributed by atoms with Crippen molar-refractivity contribution in [2.75, 3.05) is 12.4 Å². The fraction of sp³-hybridized carbons (Fsp3) is 0.200. The number of nitrogens with one attached hydrogen (secondary N) is 1. The number of methoxy groups -OCH3 is 1. The maximum absolute atomic E-state index is 12.5. The van der Waals surface area contributed by atoms with Crippen LogP contribution in [0.5, 0.6) is 11.5 Å². The fourth-order valence-corrected chi connectivity index (χ4v) is 2.46. The van der Waals surface area contributed by atoms with Crippen LogP contribution in [-0.4, -0.2) is 18.0 Å². The molecule has 2 aromatic carbocycles. The van der Waals surface area contributed by atoms with Gasteiger partial charge in [-0.1, -0.05) is 30.0 Å². The fourth-order valence-electron chi connectivity index (χ4n) is 1.84. The van der Waals surface area contributed by atoms with Crippen LogP contribution < -0.4 is 10.1 Å². The molecule has 0 aliphatic rings. The van der Waals surface area contributed by atoms with E-state index in [1.54, 1.807) is 36.4 Å². The number of halogens is 2. The molecule has 21 heavy (non-hydrogen) atoms. The predicted octanol–water partition coefficient (Wildman–Crippen LogP) is 4.33. The lowest BCUT2D eigenvalue weighted by molar-refractivity contribution is 0.252. The number of thioether (sulfide) groups is 1. The summed E-state index contributed by atoms with van der Waals surface area (Å²) >= 11 is 0.510. The van der Waals surface area contributed by atoms with Crippen molar-refractivity contribution in [1.29, 1.82) is 0 Å². The summed E-state index contributed by atoms with van der Waals surface area (Å²) in [4.78, 5) is 0.498. The van der Waals surface area contributed by atoms with E-state index < -0.39 is 5.76 Å². The van der Waals surface area contributed by atoms with Gasteiger partial charge >= 0.3 is 0 Å². The molecule has 0 bridgehead atoms. The van der Waals surface area contributed by atoms with Crippen molar-refractivity contribution < 1.29 is 18.6 Å². The van der Waals surface area contributed by atoms with E-state index in [-0.39, 0.29) is 5.75 Å². The lowest BCUT2D eigenvalue weighted by Gasteiger charge is -2.12. The summed E-state index contributed by atoms with van der Waals surface area (Å²) in [6.07, 6.45) is 0. The minimum absolute atomic E-state index is 0.0647. The molecule has 0 heterocycles. The third kappa shape index (κ3) is 4.26. The predicted molar refractivity (Wildman–Crippen MR) is 80.3 cm³/mol. The van der Waals surface area contributed by atoms with Gasteiger partial charge in [0, 0.05) is 17.1 Å². The van der Waals surface area contributed by atoms with Crippen LogP contribution in [0.2, 0.25) is 0 Å². The number of benzene rings is 2. The van der Waals surface area contributed by atoms with E-state index in [1.165, 1.54) is 13.2 Å². The lowest BCUT2D eigenvalue weighted by atomic mass is 10.2. The highest BCUT2D eigenvalue weighted by Gasteiger charge is 2.09. The Hall–Kier alpha value is -1.95. The number of phenols is 1.